The molecule has 9 heteroatoms. The molecule has 1 N–H and O–H groups in total. The van der Waals surface area contributed by atoms with Gasteiger partial charge in [-0.2, -0.15) is 0 Å². The van der Waals surface area contributed by atoms with Crippen molar-refractivity contribution in [3.8, 4) is 5.75 Å². The molecule has 1 aliphatic carbocycles. The fraction of sp³-hybridized carbons (Fsp3) is 0.462. The van der Waals surface area contributed by atoms with E-state index in [2.05, 4.69) is 15.2 Å². The fourth-order valence-corrected chi connectivity index (χ4v) is 4.61. The zero-order valence-corrected chi connectivity index (χ0v) is 20.9. The van der Waals surface area contributed by atoms with E-state index in [1.807, 2.05) is 42.5 Å². The van der Waals surface area contributed by atoms with Crippen LogP contribution in [0.15, 0.2) is 53.2 Å². The van der Waals surface area contributed by atoms with E-state index in [0.717, 1.165) is 49.4 Å². The molecule has 4 rings (SSSR count). The van der Waals surface area contributed by atoms with Gasteiger partial charge in [0.1, 0.15) is 11.7 Å². The molecule has 1 unspecified atom stereocenters. The van der Waals surface area contributed by atoms with E-state index in [1.54, 1.807) is 12.0 Å². The lowest BCUT2D eigenvalue weighted by molar-refractivity contribution is -0.128. The van der Waals surface area contributed by atoms with Crippen LogP contribution >= 0.6 is 12.2 Å². The standard InChI is InChI=1S/C26H32N4O4S/c1-33-21-9-6-19(7-10-21)18-27-24(31)5-3-2-4-12-30-25(32)22-17-20(29-13-15-34-16-14-29)8-11-23(22)28-26(30)35/h6-11,17,22H,2-5,12-16,18H2,1H3,(H,27,31). The maximum Gasteiger partial charge on any atom is 0.241 e. The van der Waals surface area contributed by atoms with Crippen LogP contribution < -0.4 is 10.1 Å². The molecule has 0 radical (unpaired) electrons. The molecule has 1 aromatic rings. The van der Waals surface area contributed by atoms with Crippen molar-refractivity contribution in [3.05, 3.63) is 53.8 Å². The van der Waals surface area contributed by atoms with Gasteiger partial charge in [0.15, 0.2) is 0 Å². The van der Waals surface area contributed by atoms with E-state index >= 15 is 0 Å². The number of benzene rings is 1. The summed E-state index contributed by atoms with van der Waals surface area (Å²) in [5.41, 5.74) is 2.78. The van der Waals surface area contributed by atoms with Crippen LogP contribution in [0.25, 0.3) is 0 Å². The fourth-order valence-electron chi connectivity index (χ4n) is 4.33. The lowest BCUT2D eigenvalue weighted by Gasteiger charge is -2.35. The van der Waals surface area contributed by atoms with Gasteiger partial charge in [-0.1, -0.05) is 18.6 Å². The van der Waals surface area contributed by atoms with Crippen molar-refractivity contribution in [2.24, 2.45) is 10.9 Å². The van der Waals surface area contributed by atoms with E-state index in [9.17, 15) is 9.59 Å². The van der Waals surface area contributed by atoms with Crippen LogP contribution in [0.3, 0.4) is 0 Å². The number of fused-ring (bicyclic) bond motifs is 1. The molecule has 3 aliphatic rings. The molecule has 0 saturated carbocycles. The topological polar surface area (TPSA) is 83.5 Å². The average Bonchev–Trinajstić information content (AvgIpc) is 2.89. The van der Waals surface area contributed by atoms with Crippen LogP contribution in [0.2, 0.25) is 0 Å². The van der Waals surface area contributed by atoms with Crippen LogP contribution in [-0.4, -0.2) is 72.4 Å². The van der Waals surface area contributed by atoms with Gasteiger partial charge in [-0.25, -0.2) is 4.99 Å². The summed E-state index contributed by atoms with van der Waals surface area (Å²) in [4.78, 5) is 33.7. The Morgan fingerprint density at radius 2 is 1.94 bits per heavy atom. The van der Waals surface area contributed by atoms with Gasteiger partial charge < -0.3 is 19.7 Å². The predicted octanol–water partition coefficient (Wildman–Crippen LogP) is 2.84. The first-order valence-electron chi connectivity index (χ1n) is 12.1. The molecule has 2 aliphatic heterocycles. The van der Waals surface area contributed by atoms with Crippen LogP contribution in [0.5, 0.6) is 5.75 Å². The molecule has 0 spiro atoms. The molecule has 8 nitrogen and oxygen atoms in total. The van der Waals surface area contributed by atoms with Gasteiger partial charge in [-0.3, -0.25) is 14.5 Å². The summed E-state index contributed by atoms with van der Waals surface area (Å²) in [5.74, 6) is 0.400. The Kier molecular flexibility index (Phi) is 8.65. The Hall–Kier alpha value is -3.04. The zero-order valence-electron chi connectivity index (χ0n) is 20.1. The molecule has 35 heavy (non-hydrogen) atoms. The number of hydrogen-bond acceptors (Lipinski definition) is 6. The Balaban J connectivity index is 1.19. The molecular weight excluding hydrogens is 464 g/mol. The lowest BCUT2D eigenvalue weighted by atomic mass is 9.93. The first-order valence-corrected chi connectivity index (χ1v) is 12.5. The van der Waals surface area contributed by atoms with Crippen molar-refractivity contribution in [1.82, 2.24) is 15.1 Å². The van der Waals surface area contributed by atoms with Crippen molar-refractivity contribution in [3.63, 3.8) is 0 Å². The highest BCUT2D eigenvalue weighted by atomic mass is 32.1. The summed E-state index contributed by atoms with van der Waals surface area (Å²) < 4.78 is 10.6. The summed E-state index contributed by atoms with van der Waals surface area (Å²) in [5, 5.41) is 3.27. The summed E-state index contributed by atoms with van der Waals surface area (Å²) in [6, 6.07) is 7.63. The molecule has 2 heterocycles. The highest BCUT2D eigenvalue weighted by Gasteiger charge is 2.35. The number of morpholine rings is 1. The highest BCUT2D eigenvalue weighted by molar-refractivity contribution is 7.80. The number of nitrogens with zero attached hydrogens (tertiary/aromatic N) is 3. The van der Waals surface area contributed by atoms with Crippen molar-refractivity contribution in [2.45, 2.75) is 32.2 Å². The third-order valence-electron chi connectivity index (χ3n) is 6.38. The third-order valence-corrected chi connectivity index (χ3v) is 6.69. The summed E-state index contributed by atoms with van der Waals surface area (Å²) in [6.07, 6.45) is 8.71. The van der Waals surface area contributed by atoms with Crippen molar-refractivity contribution >= 4 is 34.9 Å². The van der Waals surface area contributed by atoms with Gasteiger partial charge in [0.25, 0.3) is 0 Å². The number of methoxy groups -OCH3 is 1. The maximum atomic E-state index is 13.2. The number of allylic oxidation sites excluding steroid dienone is 2. The monoisotopic (exact) mass is 496 g/mol. The smallest absolute Gasteiger partial charge is 0.241 e. The normalized spacial score (nSPS) is 19.7. The molecule has 1 fully saturated rings. The van der Waals surface area contributed by atoms with E-state index in [-0.39, 0.29) is 11.8 Å². The van der Waals surface area contributed by atoms with Gasteiger partial charge >= 0.3 is 0 Å². The van der Waals surface area contributed by atoms with Crippen LogP contribution in [0, 0.1) is 5.92 Å². The molecule has 0 aromatic heterocycles. The first kappa shape index (κ1) is 25.1. The van der Waals surface area contributed by atoms with E-state index < -0.39 is 5.92 Å². The van der Waals surface area contributed by atoms with Crippen LogP contribution in [-0.2, 0) is 20.9 Å². The van der Waals surface area contributed by atoms with Gasteiger partial charge in [0.05, 0.1) is 26.0 Å². The van der Waals surface area contributed by atoms with E-state index in [0.29, 0.717) is 43.5 Å². The van der Waals surface area contributed by atoms with Crippen molar-refractivity contribution < 1.29 is 19.1 Å². The van der Waals surface area contributed by atoms with Gasteiger partial charge in [0.2, 0.25) is 16.9 Å². The molecule has 2 amide bonds. The molecule has 1 atom stereocenters. The molecule has 1 saturated heterocycles. The third kappa shape index (κ3) is 6.55. The number of nitrogens with one attached hydrogen (secondary N) is 1. The lowest BCUT2D eigenvalue weighted by Crippen LogP contribution is -2.47. The zero-order chi connectivity index (χ0) is 24.6. The van der Waals surface area contributed by atoms with Crippen LogP contribution in [0.4, 0.5) is 0 Å². The summed E-state index contributed by atoms with van der Waals surface area (Å²) in [7, 11) is 1.63. The second-order valence-corrected chi connectivity index (χ2v) is 9.11. The van der Waals surface area contributed by atoms with E-state index in [4.69, 9.17) is 21.7 Å². The number of hydrogen-bond donors (Lipinski definition) is 1. The van der Waals surface area contributed by atoms with Gasteiger partial charge in [-0.15, -0.1) is 0 Å². The second-order valence-electron chi connectivity index (χ2n) is 8.75. The van der Waals surface area contributed by atoms with Gasteiger partial charge in [0, 0.05) is 38.3 Å². The number of rotatable bonds is 10. The minimum atomic E-state index is -0.395. The highest BCUT2D eigenvalue weighted by Crippen LogP contribution is 2.25. The SMILES string of the molecule is COc1ccc(CNC(=O)CCCCCN2C(=O)C3C=C(N4CCOCC4)C=CC3=NC2=S)cc1. The number of ether oxygens (including phenoxy) is 2. The summed E-state index contributed by atoms with van der Waals surface area (Å²) >= 11 is 5.41. The Morgan fingerprint density at radius 3 is 2.69 bits per heavy atom. The number of aliphatic imine (C=N–C) groups is 1. The second kappa shape index (κ2) is 12.1. The van der Waals surface area contributed by atoms with E-state index in [1.165, 1.54) is 0 Å². The number of carbonyl (C=O) groups excluding carboxylic acids is 2. The molecular formula is C26H32N4O4S. The molecule has 0 bridgehead atoms. The molecule has 186 valence electrons. The first-order chi connectivity index (χ1) is 17.0. The van der Waals surface area contributed by atoms with Gasteiger partial charge in [-0.05, 0) is 61.0 Å². The number of unbranched alkanes of at least 4 members (excludes halogenated alkanes) is 2. The van der Waals surface area contributed by atoms with Crippen LogP contribution in [0.1, 0.15) is 31.2 Å². The molecule has 1 aromatic carbocycles. The quantitative estimate of drug-likeness (QED) is 0.396. The summed E-state index contributed by atoms with van der Waals surface area (Å²) in [6.45, 7) is 4.04. The number of carbonyl (C=O) groups is 2. The number of thiocarbonyl (C=S) groups is 1. The van der Waals surface area contributed by atoms with Crippen molar-refractivity contribution in [2.75, 3.05) is 40.0 Å². The average molecular weight is 497 g/mol. The number of amides is 2. The minimum absolute atomic E-state index is 0.0210. The Morgan fingerprint density at radius 1 is 1.17 bits per heavy atom. The Labute approximate surface area is 211 Å². The largest absolute Gasteiger partial charge is 0.497 e. The predicted molar refractivity (Wildman–Crippen MR) is 138 cm³/mol. The Bertz CT molecular complexity index is 1030. The minimum Gasteiger partial charge on any atom is -0.497 e. The maximum absolute atomic E-state index is 13.2. The van der Waals surface area contributed by atoms with Crippen molar-refractivity contribution in [1.29, 1.82) is 0 Å².